The number of carbonyl (C=O) groups is 1. The summed E-state index contributed by atoms with van der Waals surface area (Å²) in [5.74, 6) is -0.110. The Bertz CT molecular complexity index is 954. The van der Waals surface area contributed by atoms with Gasteiger partial charge in [0.05, 0.1) is 6.42 Å². The van der Waals surface area contributed by atoms with Gasteiger partial charge in [-0.25, -0.2) is 5.43 Å². The van der Waals surface area contributed by atoms with Crippen molar-refractivity contribution in [2.24, 2.45) is 12.1 Å². The average molecular weight is 324 g/mol. The van der Waals surface area contributed by atoms with Crippen molar-refractivity contribution in [2.45, 2.75) is 6.42 Å². The fraction of sp³-hybridized carbons (Fsp3) is 0.111. The van der Waals surface area contributed by atoms with Gasteiger partial charge in [-0.05, 0) is 18.2 Å². The number of fused-ring (bicyclic) bond motifs is 3. The Morgan fingerprint density at radius 3 is 2.65 bits per heavy atom. The first-order chi connectivity index (χ1) is 11.1. The van der Waals surface area contributed by atoms with Crippen LogP contribution in [0, 0.1) is 0 Å². The standard InChI is InChI=1S/C18H14ClN3O/c1-22-14-5-3-2-4-13(14)17-15(22)10-16(23)20-21-18(17)11-6-8-12(19)9-7-11/h2-9H,10H2,1H3,(H,20,23). The number of aromatic nitrogens is 1. The van der Waals surface area contributed by atoms with Crippen LogP contribution in [0.1, 0.15) is 16.8 Å². The zero-order valence-corrected chi connectivity index (χ0v) is 13.3. The van der Waals surface area contributed by atoms with Crippen molar-refractivity contribution in [1.82, 2.24) is 9.99 Å². The van der Waals surface area contributed by atoms with Crippen molar-refractivity contribution in [2.75, 3.05) is 0 Å². The number of rotatable bonds is 1. The van der Waals surface area contributed by atoms with E-state index in [2.05, 4.69) is 27.2 Å². The van der Waals surface area contributed by atoms with Gasteiger partial charge in [-0.3, -0.25) is 4.79 Å². The van der Waals surface area contributed by atoms with Crippen molar-refractivity contribution in [3.05, 3.63) is 70.4 Å². The zero-order valence-electron chi connectivity index (χ0n) is 12.5. The summed E-state index contributed by atoms with van der Waals surface area (Å²) in [5.41, 5.74) is 7.39. The minimum Gasteiger partial charge on any atom is -0.346 e. The van der Waals surface area contributed by atoms with Crippen LogP contribution in [0.5, 0.6) is 0 Å². The number of halogens is 1. The molecular formula is C18H14ClN3O. The molecule has 1 aromatic heterocycles. The maximum absolute atomic E-state index is 12.1. The van der Waals surface area contributed by atoms with E-state index in [1.165, 1.54) is 0 Å². The van der Waals surface area contributed by atoms with Gasteiger partial charge in [0.25, 0.3) is 0 Å². The second-order valence-corrected chi connectivity index (χ2v) is 6.01. The quantitative estimate of drug-likeness (QED) is 0.734. The molecule has 3 aromatic rings. The molecule has 0 atom stereocenters. The van der Waals surface area contributed by atoms with Gasteiger partial charge in [-0.2, -0.15) is 5.10 Å². The second kappa shape index (κ2) is 5.25. The lowest BCUT2D eigenvalue weighted by molar-refractivity contribution is -0.120. The lowest BCUT2D eigenvalue weighted by Gasteiger charge is -2.06. The number of hydrogen-bond acceptors (Lipinski definition) is 2. The molecule has 1 N–H and O–H groups in total. The van der Waals surface area contributed by atoms with Crippen molar-refractivity contribution in [1.29, 1.82) is 0 Å². The Morgan fingerprint density at radius 1 is 1.13 bits per heavy atom. The molecule has 0 bridgehead atoms. The fourth-order valence-electron chi connectivity index (χ4n) is 3.10. The average Bonchev–Trinajstić information content (AvgIpc) is 2.72. The largest absolute Gasteiger partial charge is 0.346 e. The van der Waals surface area contributed by atoms with Gasteiger partial charge in [0.1, 0.15) is 5.71 Å². The summed E-state index contributed by atoms with van der Waals surface area (Å²) in [6.45, 7) is 0. The maximum Gasteiger partial charge on any atom is 0.246 e. The minimum absolute atomic E-state index is 0.110. The van der Waals surface area contributed by atoms with Crippen LogP contribution in [0.25, 0.3) is 10.9 Å². The number of amides is 1. The molecule has 0 radical (unpaired) electrons. The molecule has 0 fully saturated rings. The molecule has 1 amide bonds. The number of nitrogens with zero attached hydrogens (tertiary/aromatic N) is 2. The SMILES string of the molecule is Cn1c2c(c3ccccc31)C(c1ccc(Cl)cc1)=NNC(=O)C2. The molecule has 0 spiro atoms. The number of hydrazone groups is 1. The first kappa shape index (κ1) is 14.0. The zero-order chi connectivity index (χ0) is 16.0. The summed E-state index contributed by atoms with van der Waals surface area (Å²) in [6, 6.07) is 15.6. The van der Waals surface area contributed by atoms with Crippen LogP contribution in [-0.4, -0.2) is 16.2 Å². The molecule has 1 aliphatic rings. The molecule has 0 saturated carbocycles. The number of nitrogens with one attached hydrogen (secondary N) is 1. The molecule has 0 aliphatic carbocycles. The Balaban J connectivity index is 2.04. The van der Waals surface area contributed by atoms with Crippen molar-refractivity contribution >= 4 is 34.1 Å². The van der Waals surface area contributed by atoms with E-state index in [0.717, 1.165) is 33.4 Å². The third-order valence-electron chi connectivity index (χ3n) is 4.20. The summed E-state index contributed by atoms with van der Waals surface area (Å²) < 4.78 is 2.07. The Hall–Kier alpha value is -2.59. The highest BCUT2D eigenvalue weighted by Crippen LogP contribution is 2.29. The van der Waals surface area contributed by atoms with Crippen molar-refractivity contribution in [3.8, 4) is 0 Å². The second-order valence-electron chi connectivity index (χ2n) is 5.58. The predicted molar refractivity (Wildman–Crippen MR) is 91.9 cm³/mol. The molecule has 5 heteroatoms. The van der Waals surface area contributed by atoms with E-state index in [4.69, 9.17) is 11.6 Å². The van der Waals surface area contributed by atoms with E-state index in [1.807, 2.05) is 43.4 Å². The monoisotopic (exact) mass is 323 g/mol. The van der Waals surface area contributed by atoms with E-state index in [0.29, 0.717) is 11.4 Å². The first-order valence-electron chi connectivity index (χ1n) is 7.34. The Morgan fingerprint density at radius 2 is 1.87 bits per heavy atom. The highest BCUT2D eigenvalue weighted by Gasteiger charge is 2.25. The fourth-order valence-corrected chi connectivity index (χ4v) is 3.23. The summed E-state index contributed by atoms with van der Waals surface area (Å²) in [4.78, 5) is 12.1. The van der Waals surface area contributed by atoms with Crippen LogP contribution < -0.4 is 5.43 Å². The Kier molecular flexibility index (Phi) is 3.20. The molecule has 0 unspecified atom stereocenters. The molecule has 0 saturated heterocycles. The van der Waals surface area contributed by atoms with Crippen LogP contribution in [0.15, 0.2) is 53.6 Å². The van der Waals surface area contributed by atoms with Gasteiger partial charge in [-0.15, -0.1) is 0 Å². The van der Waals surface area contributed by atoms with Gasteiger partial charge in [0.2, 0.25) is 5.91 Å². The minimum atomic E-state index is -0.110. The third-order valence-corrected chi connectivity index (χ3v) is 4.46. The van der Waals surface area contributed by atoms with Crippen LogP contribution >= 0.6 is 11.6 Å². The number of benzene rings is 2. The van der Waals surface area contributed by atoms with Gasteiger partial charge in [-0.1, -0.05) is 41.9 Å². The summed E-state index contributed by atoms with van der Waals surface area (Å²) in [6.07, 6.45) is 0.307. The van der Waals surface area contributed by atoms with Crippen molar-refractivity contribution in [3.63, 3.8) is 0 Å². The molecule has 2 aromatic carbocycles. The van der Waals surface area contributed by atoms with Gasteiger partial charge < -0.3 is 4.57 Å². The highest BCUT2D eigenvalue weighted by molar-refractivity contribution is 6.31. The van der Waals surface area contributed by atoms with Crippen molar-refractivity contribution < 1.29 is 4.79 Å². The van der Waals surface area contributed by atoms with Crippen LogP contribution in [0.3, 0.4) is 0 Å². The molecule has 4 nitrogen and oxygen atoms in total. The topological polar surface area (TPSA) is 46.4 Å². The van der Waals surface area contributed by atoms with E-state index >= 15 is 0 Å². The lowest BCUT2D eigenvalue weighted by Crippen LogP contribution is -2.19. The van der Waals surface area contributed by atoms with Gasteiger partial charge >= 0.3 is 0 Å². The molecule has 23 heavy (non-hydrogen) atoms. The highest BCUT2D eigenvalue weighted by atomic mass is 35.5. The van der Waals surface area contributed by atoms with Crippen LogP contribution in [0.4, 0.5) is 0 Å². The molecule has 4 rings (SSSR count). The summed E-state index contributed by atoms with van der Waals surface area (Å²) >= 11 is 5.99. The number of hydrogen-bond donors (Lipinski definition) is 1. The molecule has 114 valence electrons. The van der Waals surface area contributed by atoms with Crippen LogP contribution in [-0.2, 0) is 18.3 Å². The summed E-state index contributed by atoms with van der Waals surface area (Å²) in [5, 5.41) is 6.13. The van der Waals surface area contributed by atoms with Gasteiger partial charge in [0.15, 0.2) is 0 Å². The molecule has 1 aliphatic heterocycles. The number of para-hydroxylation sites is 1. The predicted octanol–water partition coefficient (Wildman–Crippen LogP) is 3.26. The number of aryl methyl sites for hydroxylation is 1. The maximum atomic E-state index is 12.1. The first-order valence-corrected chi connectivity index (χ1v) is 7.72. The van der Waals surface area contributed by atoms with Crippen LogP contribution in [0.2, 0.25) is 5.02 Å². The smallest absolute Gasteiger partial charge is 0.246 e. The van der Waals surface area contributed by atoms with E-state index in [9.17, 15) is 4.79 Å². The lowest BCUT2D eigenvalue weighted by atomic mass is 9.98. The Labute approximate surface area is 138 Å². The van der Waals surface area contributed by atoms with E-state index in [-0.39, 0.29) is 5.91 Å². The molecular weight excluding hydrogens is 310 g/mol. The van der Waals surface area contributed by atoms with Gasteiger partial charge in [0, 0.05) is 39.8 Å². The van der Waals surface area contributed by atoms with E-state index in [1.54, 1.807) is 0 Å². The van der Waals surface area contributed by atoms with E-state index < -0.39 is 0 Å². The third kappa shape index (κ3) is 2.23. The summed E-state index contributed by atoms with van der Waals surface area (Å²) in [7, 11) is 1.99. The molecule has 2 heterocycles. The number of carbonyl (C=O) groups excluding carboxylic acids is 1. The normalized spacial score (nSPS) is 14.2.